The maximum atomic E-state index is 11.7. The van der Waals surface area contributed by atoms with Crippen molar-refractivity contribution in [3.63, 3.8) is 0 Å². The zero-order valence-electron chi connectivity index (χ0n) is 12.6. The van der Waals surface area contributed by atoms with Gasteiger partial charge in [0.1, 0.15) is 5.82 Å². The molecule has 0 bridgehead atoms. The van der Waals surface area contributed by atoms with Crippen molar-refractivity contribution in [2.45, 2.75) is 27.2 Å². The minimum absolute atomic E-state index is 0.00170. The molecule has 1 atom stereocenters. The number of aryl methyl sites for hydroxylation is 1. The molecule has 114 valence electrons. The molecule has 1 aliphatic heterocycles. The third-order valence-electron chi connectivity index (χ3n) is 4.41. The zero-order valence-corrected chi connectivity index (χ0v) is 12.6. The summed E-state index contributed by atoms with van der Waals surface area (Å²) in [7, 11) is 0. The molecule has 1 fully saturated rings. The highest BCUT2D eigenvalue weighted by Gasteiger charge is 2.48. The Kier molecular flexibility index (Phi) is 3.89. The fourth-order valence-electron chi connectivity index (χ4n) is 2.88. The Morgan fingerprint density at radius 2 is 2.10 bits per heavy atom. The second-order valence-electron chi connectivity index (χ2n) is 5.98. The minimum Gasteiger partial charge on any atom is -0.481 e. The van der Waals surface area contributed by atoms with Crippen LogP contribution in [0.5, 0.6) is 0 Å². The summed E-state index contributed by atoms with van der Waals surface area (Å²) in [6, 6.07) is 3.38. The number of pyridine rings is 1. The number of amides is 1. The average molecular weight is 291 g/mol. The van der Waals surface area contributed by atoms with Crippen molar-refractivity contribution < 1.29 is 14.7 Å². The van der Waals surface area contributed by atoms with E-state index in [1.165, 1.54) is 0 Å². The summed E-state index contributed by atoms with van der Waals surface area (Å²) < 4.78 is 0. The molecule has 1 aromatic rings. The van der Waals surface area contributed by atoms with E-state index < -0.39 is 17.3 Å². The van der Waals surface area contributed by atoms with E-state index >= 15 is 0 Å². The van der Waals surface area contributed by atoms with Crippen LogP contribution < -0.4 is 10.6 Å². The normalized spacial score (nSPS) is 21.8. The van der Waals surface area contributed by atoms with E-state index in [4.69, 9.17) is 5.73 Å². The molecule has 1 amide bonds. The van der Waals surface area contributed by atoms with E-state index in [9.17, 15) is 14.7 Å². The Labute approximate surface area is 124 Å². The second-order valence-corrected chi connectivity index (χ2v) is 5.98. The summed E-state index contributed by atoms with van der Waals surface area (Å²) >= 11 is 0. The lowest BCUT2D eigenvalue weighted by Gasteiger charge is -2.29. The molecular weight excluding hydrogens is 270 g/mol. The first-order chi connectivity index (χ1) is 9.78. The Hall–Kier alpha value is -2.11. The molecule has 1 aliphatic rings. The van der Waals surface area contributed by atoms with Crippen molar-refractivity contribution in [1.29, 1.82) is 0 Å². The number of nitrogens with two attached hydrogens (primary N) is 1. The van der Waals surface area contributed by atoms with Gasteiger partial charge in [-0.1, -0.05) is 13.8 Å². The first kappa shape index (κ1) is 15.3. The first-order valence-corrected chi connectivity index (χ1v) is 7.03. The molecule has 1 aromatic heterocycles. The number of carbonyl (C=O) groups is 2. The van der Waals surface area contributed by atoms with E-state index in [2.05, 4.69) is 4.98 Å². The van der Waals surface area contributed by atoms with Crippen molar-refractivity contribution in [3.8, 4) is 0 Å². The maximum absolute atomic E-state index is 11.7. The smallest absolute Gasteiger partial charge is 0.311 e. The Morgan fingerprint density at radius 1 is 1.43 bits per heavy atom. The van der Waals surface area contributed by atoms with Gasteiger partial charge in [-0.3, -0.25) is 9.59 Å². The van der Waals surface area contributed by atoms with Gasteiger partial charge in [0, 0.05) is 18.8 Å². The van der Waals surface area contributed by atoms with Crippen LogP contribution in [0.15, 0.2) is 12.1 Å². The molecular formula is C15H21N3O3. The third-order valence-corrected chi connectivity index (χ3v) is 4.41. The topological polar surface area (TPSA) is 96.5 Å². The van der Waals surface area contributed by atoms with Crippen LogP contribution in [-0.4, -0.2) is 35.1 Å². The molecule has 21 heavy (non-hydrogen) atoms. The number of nitrogens with zero attached hydrogens (tertiary/aromatic N) is 2. The number of primary amides is 1. The maximum Gasteiger partial charge on any atom is 0.311 e. The van der Waals surface area contributed by atoms with Crippen molar-refractivity contribution in [2.24, 2.45) is 17.1 Å². The molecule has 3 N–H and O–H groups in total. The van der Waals surface area contributed by atoms with Crippen LogP contribution in [0.1, 0.15) is 36.3 Å². The van der Waals surface area contributed by atoms with Gasteiger partial charge in [0.05, 0.1) is 11.0 Å². The number of carbonyl (C=O) groups excluding carboxylic acids is 1. The molecule has 0 saturated carbocycles. The Balaban J connectivity index is 2.40. The average Bonchev–Trinajstić information content (AvgIpc) is 2.84. The predicted octanol–water partition coefficient (Wildman–Crippen LogP) is 1.43. The molecule has 1 saturated heterocycles. The highest BCUT2D eigenvalue weighted by molar-refractivity contribution is 5.98. The van der Waals surface area contributed by atoms with E-state index in [1.807, 2.05) is 25.7 Å². The molecule has 0 aliphatic carbocycles. The number of carboxylic acid groups (broad SMARTS) is 1. The van der Waals surface area contributed by atoms with Crippen LogP contribution in [0.2, 0.25) is 0 Å². The van der Waals surface area contributed by atoms with Gasteiger partial charge in [0.15, 0.2) is 0 Å². The fourth-order valence-corrected chi connectivity index (χ4v) is 2.88. The lowest BCUT2D eigenvalue weighted by atomic mass is 9.76. The summed E-state index contributed by atoms with van der Waals surface area (Å²) in [4.78, 5) is 29.5. The molecule has 2 rings (SSSR count). The first-order valence-electron chi connectivity index (χ1n) is 7.03. The van der Waals surface area contributed by atoms with Crippen molar-refractivity contribution in [2.75, 3.05) is 18.0 Å². The monoisotopic (exact) mass is 291 g/mol. The minimum atomic E-state index is -0.805. The van der Waals surface area contributed by atoms with Crippen molar-refractivity contribution >= 4 is 17.7 Å². The van der Waals surface area contributed by atoms with E-state index in [0.717, 1.165) is 5.69 Å². The number of hydrogen-bond acceptors (Lipinski definition) is 4. The molecule has 1 unspecified atom stereocenters. The van der Waals surface area contributed by atoms with E-state index in [-0.39, 0.29) is 5.92 Å². The van der Waals surface area contributed by atoms with Gasteiger partial charge >= 0.3 is 5.97 Å². The number of rotatable bonds is 4. The fraction of sp³-hybridized carbons (Fsp3) is 0.533. The van der Waals surface area contributed by atoms with Gasteiger partial charge in [-0.2, -0.15) is 0 Å². The number of aliphatic carboxylic acids is 1. The summed E-state index contributed by atoms with van der Waals surface area (Å²) in [6.45, 7) is 6.56. The predicted molar refractivity (Wildman–Crippen MR) is 79.2 cm³/mol. The zero-order chi connectivity index (χ0) is 15.8. The molecule has 6 nitrogen and oxygen atoms in total. The van der Waals surface area contributed by atoms with Gasteiger partial charge in [-0.15, -0.1) is 0 Å². The summed E-state index contributed by atoms with van der Waals surface area (Å²) in [5, 5.41) is 9.59. The standard InChI is InChI=1S/C15H21N3O3/c1-9(2)15(14(20)21)6-7-18(8-15)13-11(12(16)19)5-4-10(3)17-13/h4-5,9H,6-8H2,1-3H3,(H2,16,19)(H,20,21). The molecule has 0 aromatic carbocycles. The molecule has 6 heteroatoms. The number of carboxylic acids is 1. The Bertz CT molecular complexity index is 586. The van der Waals surface area contributed by atoms with Crippen LogP contribution in [-0.2, 0) is 4.79 Å². The molecule has 2 heterocycles. The lowest BCUT2D eigenvalue weighted by Crippen LogP contribution is -2.39. The largest absolute Gasteiger partial charge is 0.481 e. The van der Waals surface area contributed by atoms with Crippen LogP contribution >= 0.6 is 0 Å². The summed E-state index contributed by atoms with van der Waals surface area (Å²) in [6.07, 6.45) is 0.536. The summed E-state index contributed by atoms with van der Waals surface area (Å²) in [5.41, 5.74) is 5.70. The lowest BCUT2D eigenvalue weighted by molar-refractivity contribution is -0.150. The van der Waals surface area contributed by atoms with Crippen LogP contribution in [0.25, 0.3) is 0 Å². The van der Waals surface area contributed by atoms with Gasteiger partial charge in [0.25, 0.3) is 5.91 Å². The van der Waals surface area contributed by atoms with Crippen molar-refractivity contribution in [1.82, 2.24) is 4.98 Å². The molecule has 0 radical (unpaired) electrons. The highest BCUT2D eigenvalue weighted by atomic mass is 16.4. The van der Waals surface area contributed by atoms with Gasteiger partial charge in [0.2, 0.25) is 0 Å². The number of hydrogen-bond donors (Lipinski definition) is 2. The highest BCUT2D eigenvalue weighted by Crippen LogP contribution is 2.40. The van der Waals surface area contributed by atoms with Gasteiger partial charge in [-0.25, -0.2) is 4.98 Å². The molecule has 0 spiro atoms. The van der Waals surface area contributed by atoms with E-state index in [1.54, 1.807) is 12.1 Å². The van der Waals surface area contributed by atoms with Crippen LogP contribution in [0, 0.1) is 18.3 Å². The SMILES string of the molecule is Cc1ccc(C(N)=O)c(N2CCC(C(=O)O)(C(C)C)C2)n1. The van der Waals surface area contributed by atoms with Gasteiger partial charge in [-0.05, 0) is 31.4 Å². The van der Waals surface area contributed by atoms with Crippen LogP contribution in [0.4, 0.5) is 5.82 Å². The van der Waals surface area contributed by atoms with Gasteiger partial charge < -0.3 is 15.7 Å². The second kappa shape index (κ2) is 5.35. The van der Waals surface area contributed by atoms with E-state index in [0.29, 0.717) is 30.9 Å². The van der Waals surface area contributed by atoms with Crippen molar-refractivity contribution in [3.05, 3.63) is 23.4 Å². The number of anilines is 1. The summed E-state index contributed by atoms with van der Waals surface area (Å²) in [5.74, 6) is -0.851. The quantitative estimate of drug-likeness (QED) is 0.874. The van der Waals surface area contributed by atoms with Crippen LogP contribution in [0.3, 0.4) is 0 Å². The number of aromatic nitrogens is 1. The third kappa shape index (κ3) is 2.57. The Morgan fingerprint density at radius 3 is 2.57 bits per heavy atom.